The van der Waals surface area contributed by atoms with Crippen molar-refractivity contribution in [3.8, 4) is 11.8 Å². The van der Waals surface area contributed by atoms with Crippen LogP contribution in [0, 0.1) is 11.3 Å². The van der Waals surface area contributed by atoms with E-state index in [1.165, 1.54) is 4.90 Å². The van der Waals surface area contributed by atoms with Gasteiger partial charge in [0.25, 0.3) is 5.91 Å². The second-order valence-corrected chi connectivity index (χ2v) is 6.51. The molecule has 3 N–H and O–H groups in total. The third-order valence-electron chi connectivity index (χ3n) is 4.62. The van der Waals surface area contributed by atoms with Crippen LogP contribution in [0.25, 0.3) is 0 Å². The van der Waals surface area contributed by atoms with Crippen molar-refractivity contribution in [1.82, 2.24) is 0 Å². The van der Waals surface area contributed by atoms with Crippen molar-refractivity contribution in [3.63, 3.8) is 0 Å². The fraction of sp³-hybridized carbons (Fsp3) is 0.300. The third-order valence-corrected chi connectivity index (χ3v) is 4.62. The molecule has 1 saturated heterocycles. The summed E-state index contributed by atoms with van der Waals surface area (Å²) in [7, 11) is 0. The zero-order chi connectivity index (χ0) is 18.4. The van der Waals surface area contributed by atoms with Crippen LogP contribution in [0.15, 0.2) is 48.5 Å². The number of amides is 1. The normalized spacial score (nSPS) is 14.7. The Morgan fingerprint density at radius 3 is 2.38 bits per heavy atom. The highest BCUT2D eigenvalue weighted by molar-refractivity contribution is 5.91. The van der Waals surface area contributed by atoms with Gasteiger partial charge in [0, 0.05) is 11.4 Å². The fourth-order valence-electron chi connectivity index (χ4n) is 3.15. The Hall–Kier alpha value is -3.04. The Labute approximate surface area is 153 Å². The molecule has 0 aromatic heterocycles. The van der Waals surface area contributed by atoms with Crippen LogP contribution in [0.5, 0.6) is 5.75 Å². The lowest BCUT2D eigenvalue weighted by molar-refractivity contribution is -0.892. The molecule has 2 aromatic rings. The molecule has 1 amide bonds. The molecule has 2 aromatic carbocycles. The predicted octanol–water partition coefficient (Wildman–Crippen LogP) is 0.802. The molecule has 0 saturated carbocycles. The average Bonchev–Trinajstić information content (AvgIpc) is 2.65. The topological polar surface area (TPSA) is 80.8 Å². The van der Waals surface area contributed by atoms with Crippen LogP contribution in [0.3, 0.4) is 0 Å². The van der Waals surface area contributed by atoms with Gasteiger partial charge in [-0.1, -0.05) is 12.1 Å². The van der Waals surface area contributed by atoms with E-state index in [2.05, 4.69) is 16.3 Å². The lowest BCUT2D eigenvalue weighted by atomic mass is 10.1. The number of hydrogen-bond acceptors (Lipinski definition) is 4. The average molecular weight is 351 g/mol. The quantitative estimate of drug-likeness (QED) is 0.744. The fourth-order valence-corrected chi connectivity index (χ4v) is 3.15. The van der Waals surface area contributed by atoms with Crippen LogP contribution in [0.4, 0.5) is 11.4 Å². The van der Waals surface area contributed by atoms with E-state index in [4.69, 9.17) is 5.26 Å². The van der Waals surface area contributed by atoms with E-state index < -0.39 is 0 Å². The molecule has 3 rings (SSSR count). The van der Waals surface area contributed by atoms with Crippen molar-refractivity contribution in [3.05, 3.63) is 54.1 Å². The highest BCUT2D eigenvalue weighted by Crippen LogP contribution is 2.18. The van der Waals surface area contributed by atoms with Gasteiger partial charge in [-0.15, -0.1) is 0 Å². The number of aromatic hydroxyl groups is 1. The van der Waals surface area contributed by atoms with E-state index in [1.54, 1.807) is 12.1 Å². The Morgan fingerprint density at radius 2 is 1.77 bits per heavy atom. The number of phenols is 1. The summed E-state index contributed by atoms with van der Waals surface area (Å²) in [6, 6.07) is 16.7. The first-order chi connectivity index (χ1) is 12.6. The largest absolute Gasteiger partial charge is 0.508 e. The minimum atomic E-state index is 0.00566. The standard InChI is InChI=1S/C20H22N4O2/c21-10-9-16-1-3-17(4-2-16)22-20(26)15-23-11-13-24(14-12-23)18-5-7-19(25)8-6-18/h1-8,25H,9,11-15H2,(H,22,26)/p+1. The van der Waals surface area contributed by atoms with Gasteiger partial charge in [0.1, 0.15) is 5.75 Å². The first-order valence-corrected chi connectivity index (χ1v) is 8.77. The Bertz CT molecular complexity index is 773. The molecule has 0 bridgehead atoms. The lowest BCUT2D eigenvalue weighted by Gasteiger charge is -2.33. The molecule has 0 atom stereocenters. The molecule has 6 nitrogen and oxygen atoms in total. The number of quaternary nitrogens is 1. The van der Waals surface area contributed by atoms with E-state index in [0.717, 1.165) is 43.1 Å². The molecule has 0 unspecified atom stereocenters. The zero-order valence-electron chi connectivity index (χ0n) is 14.6. The Balaban J connectivity index is 1.46. The maximum Gasteiger partial charge on any atom is 0.279 e. The van der Waals surface area contributed by atoms with Crippen molar-refractivity contribution in [2.75, 3.05) is 42.9 Å². The van der Waals surface area contributed by atoms with Crippen molar-refractivity contribution >= 4 is 17.3 Å². The van der Waals surface area contributed by atoms with E-state index in [1.807, 2.05) is 36.4 Å². The number of nitrogens with one attached hydrogen (secondary N) is 2. The second kappa shape index (κ2) is 8.37. The molecule has 1 aliphatic rings. The summed E-state index contributed by atoms with van der Waals surface area (Å²) in [6.07, 6.45) is 0.379. The summed E-state index contributed by atoms with van der Waals surface area (Å²) in [5.74, 6) is 0.279. The number of benzene rings is 2. The first kappa shape index (κ1) is 17.8. The Morgan fingerprint density at radius 1 is 1.12 bits per heavy atom. The predicted molar refractivity (Wildman–Crippen MR) is 100 cm³/mol. The smallest absolute Gasteiger partial charge is 0.279 e. The van der Waals surface area contributed by atoms with Crippen molar-refractivity contribution in [2.24, 2.45) is 0 Å². The van der Waals surface area contributed by atoms with Gasteiger partial charge >= 0.3 is 0 Å². The maximum absolute atomic E-state index is 12.3. The minimum Gasteiger partial charge on any atom is -0.508 e. The van der Waals surface area contributed by atoms with Crippen LogP contribution in [-0.2, 0) is 11.2 Å². The molecule has 26 heavy (non-hydrogen) atoms. The highest BCUT2D eigenvalue weighted by atomic mass is 16.3. The molecule has 1 heterocycles. The van der Waals surface area contributed by atoms with Crippen molar-refractivity contribution in [1.29, 1.82) is 5.26 Å². The number of nitrogens with zero attached hydrogens (tertiary/aromatic N) is 2. The van der Waals surface area contributed by atoms with Gasteiger partial charge in [0.15, 0.2) is 6.54 Å². The SMILES string of the molecule is N#CCc1ccc(NC(=O)C[NH+]2CCN(c3ccc(O)cc3)CC2)cc1. The number of piperazine rings is 1. The molecule has 6 heteroatoms. The molecule has 134 valence electrons. The molecule has 0 spiro atoms. The van der Waals surface area contributed by atoms with Crippen molar-refractivity contribution in [2.45, 2.75) is 6.42 Å². The summed E-state index contributed by atoms with van der Waals surface area (Å²) in [4.78, 5) is 15.8. The number of carbonyl (C=O) groups is 1. The summed E-state index contributed by atoms with van der Waals surface area (Å²) in [6.45, 7) is 4.01. The Kier molecular flexibility index (Phi) is 5.72. The summed E-state index contributed by atoms with van der Waals surface area (Å²) < 4.78 is 0. The van der Waals surface area contributed by atoms with Crippen molar-refractivity contribution < 1.29 is 14.8 Å². The van der Waals surface area contributed by atoms with Crippen LogP contribution in [0.1, 0.15) is 5.56 Å². The molecule has 0 radical (unpaired) electrons. The summed E-state index contributed by atoms with van der Waals surface area (Å²) in [5, 5.41) is 21.0. The van der Waals surface area contributed by atoms with Gasteiger partial charge in [0.2, 0.25) is 0 Å². The van der Waals surface area contributed by atoms with Gasteiger partial charge in [-0.05, 0) is 42.0 Å². The monoisotopic (exact) mass is 351 g/mol. The number of anilines is 2. The number of phenolic OH excluding ortho intramolecular Hbond substituents is 1. The molecule has 0 aliphatic carbocycles. The van der Waals surface area contributed by atoms with E-state index in [9.17, 15) is 9.90 Å². The van der Waals surface area contributed by atoms with Crippen LogP contribution in [-0.4, -0.2) is 43.7 Å². The van der Waals surface area contributed by atoms with E-state index in [0.29, 0.717) is 13.0 Å². The number of carbonyl (C=O) groups excluding carboxylic acids is 1. The molecular formula is C20H23N4O2+. The maximum atomic E-state index is 12.3. The van der Waals surface area contributed by atoms with Crippen LogP contribution in [0.2, 0.25) is 0 Å². The first-order valence-electron chi connectivity index (χ1n) is 8.77. The molecular weight excluding hydrogens is 328 g/mol. The number of rotatable bonds is 5. The summed E-state index contributed by atoms with van der Waals surface area (Å²) in [5.41, 5.74) is 2.81. The second-order valence-electron chi connectivity index (χ2n) is 6.51. The van der Waals surface area contributed by atoms with Gasteiger partial charge in [-0.25, -0.2) is 0 Å². The van der Waals surface area contributed by atoms with Crippen LogP contribution < -0.4 is 15.1 Å². The highest BCUT2D eigenvalue weighted by Gasteiger charge is 2.22. The molecule has 1 aliphatic heterocycles. The third kappa shape index (κ3) is 4.74. The van der Waals surface area contributed by atoms with Gasteiger partial charge < -0.3 is 20.2 Å². The molecule has 1 fully saturated rings. The van der Waals surface area contributed by atoms with Gasteiger partial charge in [-0.3, -0.25) is 4.79 Å². The van der Waals surface area contributed by atoms with Gasteiger partial charge in [0.05, 0.1) is 38.7 Å². The minimum absolute atomic E-state index is 0.00566. The zero-order valence-corrected chi connectivity index (χ0v) is 14.6. The number of nitriles is 1. The van der Waals surface area contributed by atoms with E-state index >= 15 is 0 Å². The van der Waals surface area contributed by atoms with Gasteiger partial charge in [-0.2, -0.15) is 5.26 Å². The number of hydrogen-bond donors (Lipinski definition) is 3. The van der Waals surface area contributed by atoms with Crippen LogP contribution >= 0.6 is 0 Å². The summed E-state index contributed by atoms with van der Waals surface area (Å²) >= 11 is 0. The van der Waals surface area contributed by atoms with E-state index in [-0.39, 0.29) is 11.7 Å². The lowest BCUT2D eigenvalue weighted by Crippen LogP contribution is -3.15.